The summed E-state index contributed by atoms with van der Waals surface area (Å²) in [5.41, 5.74) is 7.74. The fraction of sp³-hybridized carbons (Fsp3) is 0.278. The number of benzene rings is 2. The van der Waals surface area contributed by atoms with Gasteiger partial charge in [-0.2, -0.15) is 0 Å². The highest BCUT2D eigenvalue weighted by molar-refractivity contribution is 5.87. The van der Waals surface area contributed by atoms with Gasteiger partial charge in [-0.3, -0.25) is 4.79 Å². The first-order chi connectivity index (χ1) is 10.4. The molecule has 0 radical (unpaired) electrons. The molecule has 2 aromatic carbocycles. The Hall–Kier alpha value is -2.49. The van der Waals surface area contributed by atoms with Gasteiger partial charge in [0.2, 0.25) is 5.91 Å². The Labute approximate surface area is 131 Å². The second-order valence-electron chi connectivity index (χ2n) is 5.78. The van der Waals surface area contributed by atoms with Crippen LogP contribution in [0, 0.1) is 0 Å². The van der Waals surface area contributed by atoms with Crippen molar-refractivity contribution < 1.29 is 9.53 Å². The van der Waals surface area contributed by atoms with Gasteiger partial charge in [-0.15, -0.1) is 0 Å². The van der Waals surface area contributed by atoms with Crippen LogP contribution in [-0.2, 0) is 16.8 Å². The Balaban J connectivity index is 2.02. The molecule has 4 heteroatoms. The molecule has 0 atom stereocenters. The third-order valence-corrected chi connectivity index (χ3v) is 3.81. The van der Waals surface area contributed by atoms with Gasteiger partial charge in [0, 0.05) is 12.2 Å². The molecular formula is C18H22N2O2. The van der Waals surface area contributed by atoms with Gasteiger partial charge in [-0.05, 0) is 49.2 Å². The quantitative estimate of drug-likeness (QED) is 0.834. The SMILES string of the molecule is COc1ccc(CNC(=O)C(C)(C)c2ccc(N)cc2)cc1. The number of nitrogen functional groups attached to an aromatic ring is 1. The van der Waals surface area contributed by atoms with E-state index in [0.717, 1.165) is 16.9 Å². The van der Waals surface area contributed by atoms with Crippen molar-refractivity contribution in [3.8, 4) is 5.75 Å². The number of methoxy groups -OCH3 is 1. The van der Waals surface area contributed by atoms with Gasteiger partial charge < -0.3 is 15.8 Å². The monoisotopic (exact) mass is 298 g/mol. The minimum atomic E-state index is -0.611. The maximum absolute atomic E-state index is 12.5. The zero-order chi connectivity index (χ0) is 16.2. The maximum atomic E-state index is 12.5. The molecule has 0 aliphatic heterocycles. The standard InChI is InChI=1S/C18H22N2O2/c1-18(2,14-6-8-15(19)9-7-14)17(21)20-12-13-4-10-16(22-3)11-5-13/h4-11H,12,19H2,1-3H3,(H,20,21). The predicted molar refractivity (Wildman–Crippen MR) is 88.7 cm³/mol. The van der Waals surface area contributed by atoms with Crippen molar-refractivity contribution in [1.29, 1.82) is 0 Å². The molecule has 0 saturated heterocycles. The lowest BCUT2D eigenvalue weighted by Crippen LogP contribution is -2.39. The van der Waals surface area contributed by atoms with Crippen LogP contribution in [0.4, 0.5) is 5.69 Å². The third kappa shape index (κ3) is 3.58. The molecule has 0 saturated carbocycles. The molecule has 2 aromatic rings. The van der Waals surface area contributed by atoms with Crippen molar-refractivity contribution in [2.75, 3.05) is 12.8 Å². The molecule has 0 fully saturated rings. The number of anilines is 1. The van der Waals surface area contributed by atoms with Crippen LogP contribution in [-0.4, -0.2) is 13.0 Å². The summed E-state index contributed by atoms with van der Waals surface area (Å²) in [6.07, 6.45) is 0. The van der Waals surface area contributed by atoms with Gasteiger partial charge in [-0.1, -0.05) is 24.3 Å². The summed E-state index contributed by atoms with van der Waals surface area (Å²) in [7, 11) is 1.63. The van der Waals surface area contributed by atoms with Crippen LogP contribution in [0.15, 0.2) is 48.5 Å². The van der Waals surface area contributed by atoms with Gasteiger partial charge >= 0.3 is 0 Å². The summed E-state index contributed by atoms with van der Waals surface area (Å²) in [6.45, 7) is 4.30. The number of carbonyl (C=O) groups excluding carboxylic acids is 1. The number of amides is 1. The van der Waals surface area contributed by atoms with Gasteiger partial charge in [0.05, 0.1) is 12.5 Å². The van der Waals surface area contributed by atoms with E-state index < -0.39 is 5.41 Å². The lowest BCUT2D eigenvalue weighted by Gasteiger charge is -2.24. The molecule has 2 rings (SSSR count). The molecule has 0 aromatic heterocycles. The van der Waals surface area contributed by atoms with Crippen LogP contribution in [0.25, 0.3) is 0 Å². The van der Waals surface area contributed by atoms with Crippen molar-refractivity contribution in [3.63, 3.8) is 0 Å². The van der Waals surface area contributed by atoms with Crippen LogP contribution in [0.3, 0.4) is 0 Å². The first kappa shape index (κ1) is 15.9. The minimum Gasteiger partial charge on any atom is -0.497 e. The molecule has 0 heterocycles. The van der Waals surface area contributed by atoms with Crippen molar-refractivity contribution in [3.05, 3.63) is 59.7 Å². The van der Waals surface area contributed by atoms with E-state index in [1.807, 2.05) is 62.4 Å². The normalized spacial score (nSPS) is 11.0. The lowest BCUT2D eigenvalue weighted by atomic mass is 9.83. The smallest absolute Gasteiger partial charge is 0.230 e. The number of hydrogen-bond acceptors (Lipinski definition) is 3. The number of rotatable bonds is 5. The molecule has 4 nitrogen and oxygen atoms in total. The van der Waals surface area contributed by atoms with Gasteiger partial charge in [0.25, 0.3) is 0 Å². The highest BCUT2D eigenvalue weighted by Gasteiger charge is 2.29. The van der Waals surface area contributed by atoms with Crippen LogP contribution in [0.5, 0.6) is 5.75 Å². The van der Waals surface area contributed by atoms with E-state index >= 15 is 0 Å². The van der Waals surface area contributed by atoms with Crippen LogP contribution in [0.1, 0.15) is 25.0 Å². The van der Waals surface area contributed by atoms with Gasteiger partial charge in [0.15, 0.2) is 0 Å². The van der Waals surface area contributed by atoms with Crippen LogP contribution < -0.4 is 15.8 Å². The molecule has 0 unspecified atom stereocenters. The number of nitrogens with one attached hydrogen (secondary N) is 1. The van der Waals surface area contributed by atoms with Crippen molar-refractivity contribution >= 4 is 11.6 Å². The van der Waals surface area contributed by atoms with Gasteiger partial charge in [-0.25, -0.2) is 0 Å². The Morgan fingerprint density at radius 3 is 2.23 bits per heavy atom. The second-order valence-corrected chi connectivity index (χ2v) is 5.78. The van der Waals surface area contributed by atoms with E-state index in [1.54, 1.807) is 7.11 Å². The van der Waals surface area contributed by atoms with E-state index in [0.29, 0.717) is 12.2 Å². The molecular weight excluding hydrogens is 276 g/mol. The maximum Gasteiger partial charge on any atom is 0.230 e. The van der Waals surface area contributed by atoms with Crippen molar-refractivity contribution in [2.24, 2.45) is 0 Å². The Bertz CT molecular complexity index is 631. The van der Waals surface area contributed by atoms with Gasteiger partial charge in [0.1, 0.15) is 5.75 Å². The second kappa shape index (κ2) is 6.52. The number of nitrogens with two attached hydrogens (primary N) is 1. The van der Waals surface area contributed by atoms with E-state index in [-0.39, 0.29) is 5.91 Å². The zero-order valence-corrected chi connectivity index (χ0v) is 13.2. The first-order valence-electron chi connectivity index (χ1n) is 7.21. The number of carbonyl (C=O) groups is 1. The summed E-state index contributed by atoms with van der Waals surface area (Å²) in [5, 5.41) is 2.98. The molecule has 0 bridgehead atoms. The lowest BCUT2D eigenvalue weighted by molar-refractivity contribution is -0.125. The van der Waals surface area contributed by atoms with E-state index in [9.17, 15) is 4.79 Å². The summed E-state index contributed by atoms with van der Waals surface area (Å²) in [6, 6.07) is 15.1. The highest BCUT2D eigenvalue weighted by Crippen LogP contribution is 2.24. The Kier molecular flexibility index (Phi) is 4.71. The zero-order valence-electron chi connectivity index (χ0n) is 13.2. The molecule has 1 amide bonds. The van der Waals surface area contributed by atoms with Crippen LogP contribution >= 0.6 is 0 Å². The highest BCUT2D eigenvalue weighted by atomic mass is 16.5. The Morgan fingerprint density at radius 2 is 1.68 bits per heavy atom. The third-order valence-electron chi connectivity index (χ3n) is 3.81. The summed E-state index contributed by atoms with van der Waals surface area (Å²) in [5.74, 6) is 0.783. The largest absolute Gasteiger partial charge is 0.497 e. The van der Waals surface area contributed by atoms with E-state index in [4.69, 9.17) is 10.5 Å². The summed E-state index contributed by atoms with van der Waals surface area (Å²) < 4.78 is 5.12. The fourth-order valence-electron chi connectivity index (χ4n) is 2.18. The molecule has 0 aliphatic carbocycles. The topological polar surface area (TPSA) is 64.3 Å². The summed E-state index contributed by atoms with van der Waals surface area (Å²) in [4.78, 5) is 12.5. The number of ether oxygens (including phenoxy) is 1. The Morgan fingerprint density at radius 1 is 1.09 bits per heavy atom. The number of hydrogen-bond donors (Lipinski definition) is 2. The summed E-state index contributed by atoms with van der Waals surface area (Å²) >= 11 is 0. The minimum absolute atomic E-state index is 0.0203. The first-order valence-corrected chi connectivity index (χ1v) is 7.21. The molecule has 0 spiro atoms. The molecule has 116 valence electrons. The van der Waals surface area contributed by atoms with E-state index in [2.05, 4.69) is 5.32 Å². The predicted octanol–water partition coefficient (Wildman–Crippen LogP) is 2.87. The molecule has 3 N–H and O–H groups in total. The van der Waals surface area contributed by atoms with Crippen molar-refractivity contribution in [1.82, 2.24) is 5.32 Å². The average molecular weight is 298 g/mol. The average Bonchev–Trinajstić information content (AvgIpc) is 2.53. The molecule has 0 aliphatic rings. The molecule has 22 heavy (non-hydrogen) atoms. The van der Waals surface area contributed by atoms with Crippen LogP contribution in [0.2, 0.25) is 0 Å². The van der Waals surface area contributed by atoms with Crippen molar-refractivity contribution in [2.45, 2.75) is 25.8 Å². The fourth-order valence-corrected chi connectivity index (χ4v) is 2.18. The van der Waals surface area contributed by atoms with E-state index in [1.165, 1.54) is 0 Å².